The van der Waals surface area contributed by atoms with Crippen molar-refractivity contribution in [2.24, 2.45) is 5.92 Å². The minimum absolute atomic E-state index is 0.0142. The molecule has 0 radical (unpaired) electrons. The summed E-state index contributed by atoms with van der Waals surface area (Å²) in [5.41, 5.74) is 5.29. The standard InChI is InChI=1S/C27H34N4O2/c1-19-15-24-25(16-20(19)2)31(27(33)21(3)29-24)18-26(32)28-11-14-30-12-9-23(10-13-30)17-22-7-5-4-6-8-22/h4-8,15-16,23H,9-14,17-18H2,1-3H3,(H,28,32). The number of likely N-dealkylation sites (tertiary alicyclic amines) is 1. The van der Waals surface area contributed by atoms with E-state index in [1.54, 1.807) is 11.5 Å². The molecule has 1 amide bonds. The van der Waals surface area contributed by atoms with Gasteiger partial charge in [-0.25, -0.2) is 4.98 Å². The zero-order valence-electron chi connectivity index (χ0n) is 19.9. The molecule has 33 heavy (non-hydrogen) atoms. The highest BCUT2D eigenvalue weighted by atomic mass is 16.2. The number of aryl methyl sites for hydroxylation is 3. The van der Waals surface area contributed by atoms with Gasteiger partial charge >= 0.3 is 0 Å². The van der Waals surface area contributed by atoms with E-state index >= 15 is 0 Å². The largest absolute Gasteiger partial charge is 0.353 e. The predicted octanol–water partition coefficient (Wildman–Crippen LogP) is 3.39. The van der Waals surface area contributed by atoms with E-state index in [0.29, 0.717) is 17.8 Å². The lowest BCUT2D eigenvalue weighted by Crippen LogP contribution is -2.41. The van der Waals surface area contributed by atoms with Crippen molar-refractivity contribution in [2.45, 2.75) is 46.6 Å². The van der Waals surface area contributed by atoms with Crippen LogP contribution in [0.25, 0.3) is 11.0 Å². The number of rotatable bonds is 7. The number of benzene rings is 2. The van der Waals surface area contributed by atoms with Crippen molar-refractivity contribution in [1.29, 1.82) is 0 Å². The molecule has 0 unspecified atom stereocenters. The van der Waals surface area contributed by atoms with Gasteiger partial charge in [0.15, 0.2) is 0 Å². The normalized spacial score (nSPS) is 15.1. The molecule has 1 N–H and O–H groups in total. The van der Waals surface area contributed by atoms with Crippen LogP contribution in [0.1, 0.15) is 35.2 Å². The maximum Gasteiger partial charge on any atom is 0.272 e. The van der Waals surface area contributed by atoms with E-state index < -0.39 is 0 Å². The van der Waals surface area contributed by atoms with Crippen molar-refractivity contribution in [3.63, 3.8) is 0 Å². The summed E-state index contributed by atoms with van der Waals surface area (Å²) in [6.07, 6.45) is 3.54. The fraction of sp³-hybridized carbons (Fsp3) is 0.444. The summed E-state index contributed by atoms with van der Waals surface area (Å²) in [5, 5.41) is 3.01. The third-order valence-electron chi connectivity index (χ3n) is 6.85. The third-order valence-corrected chi connectivity index (χ3v) is 6.85. The van der Waals surface area contributed by atoms with Gasteiger partial charge in [-0.2, -0.15) is 0 Å². The van der Waals surface area contributed by atoms with Crippen LogP contribution < -0.4 is 10.9 Å². The second kappa shape index (κ2) is 10.3. The van der Waals surface area contributed by atoms with Crippen LogP contribution in [0.4, 0.5) is 0 Å². The van der Waals surface area contributed by atoms with Crippen molar-refractivity contribution in [3.8, 4) is 0 Å². The van der Waals surface area contributed by atoms with Gasteiger partial charge < -0.3 is 10.2 Å². The first-order valence-electron chi connectivity index (χ1n) is 11.9. The van der Waals surface area contributed by atoms with Crippen molar-refractivity contribution >= 4 is 16.9 Å². The molecule has 0 saturated carbocycles. The predicted molar refractivity (Wildman–Crippen MR) is 133 cm³/mol. The van der Waals surface area contributed by atoms with Crippen molar-refractivity contribution in [2.75, 3.05) is 26.2 Å². The fourth-order valence-electron chi connectivity index (χ4n) is 4.70. The molecule has 6 heteroatoms. The number of carbonyl (C=O) groups is 1. The van der Waals surface area contributed by atoms with Gasteiger partial charge in [-0.05, 0) is 87.9 Å². The summed E-state index contributed by atoms with van der Waals surface area (Å²) in [6.45, 7) is 9.32. The number of piperidine rings is 1. The van der Waals surface area contributed by atoms with E-state index in [4.69, 9.17) is 0 Å². The number of nitrogens with zero attached hydrogens (tertiary/aromatic N) is 3. The Bertz CT molecular complexity index is 1180. The van der Waals surface area contributed by atoms with Crippen LogP contribution in [0.5, 0.6) is 0 Å². The fourth-order valence-corrected chi connectivity index (χ4v) is 4.70. The maximum absolute atomic E-state index is 12.7. The van der Waals surface area contributed by atoms with Gasteiger partial charge in [-0.15, -0.1) is 0 Å². The Balaban J connectivity index is 1.28. The summed E-state index contributed by atoms with van der Waals surface area (Å²) < 4.78 is 1.55. The molecule has 1 fully saturated rings. The number of carbonyl (C=O) groups excluding carboxylic acids is 1. The minimum atomic E-state index is -0.207. The average molecular weight is 447 g/mol. The molecule has 0 aliphatic carbocycles. The lowest BCUT2D eigenvalue weighted by molar-refractivity contribution is -0.121. The number of amides is 1. The first-order valence-corrected chi connectivity index (χ1v) is 11.9. The Kier molecular flexibility index (Phi) is 7.23. The summed E-state index contributed by atoms with van der Waals surface area (Å²) in [7, 11) is 0. The van der Waals surface area contributed by atoms with Crippen LogP contribution in [-0.4, -0.2) is 46.5 Å². The molecule has 0 atom stereocenters. The van der Waals surface area contributed by atoms with Crippen LogP contribution in [0.15, 0.2) is 47.3 Å². The van der Waals surface area contributed by atoms with Crippen LogP contribution in [0.2, 0.25) is 0 Å². The highest BCUT2D eigenvalue weighted by Crippen LogP contribution is 2.21. The van der Waals surface area contributed by atoms with Gasteiger partial charge in [-0.3, -0.25) is 14.2 Å². The van der Waals surface area contributed by atoms with E-state index in [-0.39, 0.29) is 18.0 Å². The van der Waals surface area contributed by atoms with E-state index in [9.17, 15) is 9.59 Å². The third kappa shape index (κ3) is 5.69. The molecule has 3 aromatic rings. The van der Waals surface area contributed by atoms with Gasteiger partial charge in [0.05, 0.1) is 11.0 Å². The van der Waals surface area contributed by atoms with Gasteiger partial charge in [0.25, 0.3) is 5.56 Å². The second-order valence-electron chi connectivity index (χ2n) is 9.34. The summed E-state index contributed by atoms with van der Waals surface area (Å²) in [5.74, 6) is 0.599. The van der Waals surface area contributed by atoms with E-state index in [1.807, 2.05) is 26.0 Å². The second-order valence-corrected chi connectivity index (χ2v) is 9.34. The molecular weight excluding hydrogens is 412 g/mol. The molecule has 1 aliphatic rings. The average Bonchev–Trinajstić information content (AvgIpc) is 2.80. The topological polar surface area (TPSA) is 67.2 Å². The van der Waals surface area contributed by atoms with E-state index in [0.717, 1.165) is 48.6 Å². The molecule has 1 aromatic heterocycles. The van der Waals surface area contributed by atoms with Crippen LogP contribution in [0, 0.1) is 26.7 Å². The molecule has 2 heterocycles. The van der Waals surface area contributed by atoms with Gasteiger partial charge in [0, 0.05) is 13.1 Å². The van der Waals surface area contributed by atoms with Gasteiger partial charge in [-0.1, -0.05) is 30.3 Å². The number of hydrogen-bond donors (Lipinski definition) is 1. The zero-order valence-corrected chi connectivity index (χ0v) is 19.9. The summed E-state index contributed by atoms with van der Waals surface area (Å²) in [4.78, 5) is 32.2. The molecule has 6 nitrogen and oxygen atoms in total. The van der Waals surface area contributed by atoms with Crippen LogP contribution in [0.3, 0.4) is 0 Å². The molecular formula is C27H34N4O2. The van der Waals surface area contributed by atoms with Crippen molar-refractivity contribution in [3.05, 3.63) is 75.2 Å². The molecule has 0 bridgehead atoms. The monoisotopic (exact) mass is 446 g/mol. The number of aromatic nitrogens is 2. The summed E-state index contributed by atoms with van der Waals surface area (Å²) in [6, 6.07) is 14.6. The highest BCUT2D eigenvalue weighted by molar-refractivity contribution is 5.81. The quantitative estimate of drug-likeness (QED) is 0.604. The Morgan fingerprint density at radius 1 is 1.06 bits per heavy atom. The number of hydrogen-bond acceptors (Lipinski definition) is 4. The molecule has 0 spiro atoms. The molecule has 4 rings (SSSR count). The molecule has 1 saturated heterocycles. The van der Waals surface area contributed by atoms with Gasteiger partial charge in [0.2, 0.25) is 5.91 Å². The SMILES string of the molecule is Cc1cc2nc(C)c(=O)n(CC(=O)NCCN3CCC(Cc4ccccc4)CC3)c2cc1C. The van der Waals surface area contributed by atoms with Crippen molar-refractivity contribution < 1.29 is 4.79 Å². The first kappa shape index (κ1) is 23.2. The number of nitrogens with one attached hydrogen (secondary N) is 1. The Hall–Kier alpha value is -2.99. The lowest BCUT2D eigenvalue weighted by atomic mass is 9.90. The lowest BCUT2D eigenvalue weighted by Gasteiger charge is -2.32. The van der Waals surface area contributed by atoms with Crippen LogP contribution >= 0.6 is 0 Å². The molecule has 2 aromatic carbocycles. The smallest absolute Gasteiger partial charge is 0.272 e. The van der Waals surface area contributed by atoms with Crippen molar-refractivity contribution in [1.82, 2.24) is 19.8 Å². The van der Waals surface area contributed by atoms with Gasteiger partial charge in [0.1, 0.15) is 12.2 Å². The Labute approximate surface area is 195 Å². The molecule has 1 aliphatic heterocycles. The first-order chi connectivity index (χ1) is 15.9. The molecule has 174 valence electrons. The number of fused-ring (bicyclic) bond motifs is 1. The van der Waals surface area contributed by atoms with E-state index in [1.165, 1.54) is 18.4 Å². The highest BCUT2D eigenvalue weighted by Gasteiger charge is 2.19. The Morgan fingerprint density at radius 3 is 2.48 bits per heavy atom. The maximum atomic E-state index is 12.7. The summed E-state index contributed by atoms with van der Waals surface area (Å²) >= 11 is 0. The Morgan fingerprint density at radius 2 is 1.76 bits per heavy atom. The zero-order chi connectivity index (χ0) is 23.4. The van der Waals surface area contributed by atoms with E-state index in [2.05, 4.69) is 45.5 Å². The minimum Gasteiger partial charge on any atom is -0.353 e. The van der Waals surface area contributed by atoms with Crippen LogP contribution in [-0.2, 0) is 17.8 Å².